The molecule has 0 spiro atoms. The van der Waals surface area contributed by atoms with Gasteiger partial charge in [-0.15, -0.1) is 0 Å². The summed E-state index contributed by atoms with van der Waals surface area (Å²) in [5, 5.41) is 0. The Balaban J connectivity index is 2.41. The van der Waals surface area contributed by atoms with Crippen molar-refractivity contribution in [3.63, 3.8) is 0 Å². The molecule has 1 fully saturated rings. The van der Waals surface area contributed by atoms with Crippen molar-refractivity contribution in [3.8, 4) is 0 Å². The molecule has 5 heteroatoms. The Morgan fingerprint density at radius 2 is 2.32 bits per heavy atom. The van der Waals surface area contributed by atoms with Gasteiger partial charge >= 0.3 is 0 Å². The summed E-state index contributed by atoms with van der Waals surface area (Å²) in [5.74, 6) is 7.57. The normalized spacial score (nSPS) is 27.3. The average molecular weight is 264 g/mol. The molecule has 1 saturated carbocycles. The number of methoxy groups -OCH3 is 1. The second-order valence-electron chi connectivity index (χ2n) is 5.47. The predicted molar refractivity (Wildman–Crippen MR) is 75.5 cm³/mol. The van der Waals surface area contributed by atoms with E-state index < -0.39 is 0 Å². The van der Waals surface area contributed by atoms with E-state index in [0.29, 0.717) is 11.7 Å². The maximum absolute atomic E-state index is 5.84. The Labute approximate surface area is 114 Å². The second kappa shape index (κ2) is 5.84. The lowest BCUT2D eigenvalue weighted by Crippen LogP contribution is -2.36. The van der Waals surface area contributed by atoms with Crippen molar-refractivity contribution in [3.05, 3.63) is 17.6 Å². The van der Waals surface area contributed by atoms with Crippen LogP contribution in [0.1, 0.15) is 51.0 Å². The molecule has 0 aliphatic heterocycles. The molecule has 0 aromatic carbocycles. The van der Waals surface area contributed by atoms with Crippen LogP contribution < -0.4 is 11.3 Å². The molecular weight excluding hydrogens is 240 g/mol. The number of hydrazine groups is 1. The van der Waals surface area contributed by atoms with Gasteiger partial charge in [0, 0.05) is 18.9 Å². The van der Waals surface area contributed by atoms with Crippen molar-refractivity contribution >= 4 is 5.82 Å². The monoisotopic (exact) mass is 264 g/mol. The minimum Gasteiger partial charge on any atom is -0.370 e. The molecule has 2 atom stereocenters. The van der Waals surface area contributed by atoms with Gasteiger partial charge in [0.25, 0.3) is 0 Å². The maximum Gasteiger partial charge on any atom is 0.162 e. The molecule has 2 unspecified atom stereocenters. The molecule has 1 aromatic heterocycles. The maximum atomic E-state index is 5.84. The zero-order valence-electron chi connectivity index (χ0n) is 12.1. The molecule has 3 N–H and O–H groups in total. The van der Waals surface area contributed by atoms with E-state index in [-0.39, 0.29) is 5.60 Å². The first-order valence-electron chi connectivity index (χ1n) is 7.03. The Bertz CT molecular complexity index is 415. The van der Waals surface area contributed by atoms with Gasteiger partial charge in [-0.05, 0) is 31.6 Å². The van der Waals surface area contributed by atoms with Gasteiger partial charge in [0.05, 0.1) is 0 Å². The van der Waals surface area contributed by atoms with E-state index in [4.69, 9.17) is 10.6 Å². The van der Waals surface area contributed by atoms with Gasteiger partial charge in [0.1, 0.15) is 11.4 Å². The number of hydrogen-bond acceptors (Lipinski definition) is 5. The minimum atomic E-state index is -0.353. The number of aryl methyl sites for hydroxylation is 1. The number of ether oxygens (including phenoxy) is 1. The molecule has 106 valence electrons. The highest BCUT2D eigenvalue weighted by Gasteiger charge is 2.39. The Hall–Kier alpha value is -1.20. The van der Waals surface area contributed by atoms with Crippen LogP contribution in [0.5, 0.6) is 0 Å². The van der Waals surface area contributed by atoms with Crippen LogP contribution in [0, 0.1) is 5.92 Å². The lowest BCUT2D eigenvalue weighted by Gasteiger charge is -2.37. The van der Waals surface area contributed by atoms with Gasteiger partial charge < -0.3 is 10.2 Å². The van der Waals surface area contributed by atoms with Crippen molar-refractivity contribution in [1.29, 1.82) is 0 Å². The fourth-order valence-corrected chi connectivity index (χ4v) is 2.94. The molecule has 1 aliphatic carbocycles. The number of nitrogens with zero attached hydrogens (tertiary/aromatic N) is 2. The van der Waals surface area contributed by atoms with Crippen LogP contribution in [0.25, 0.3) is 0 Å². The van der Waals surface area contributed by atoms with Crippen molar-refractivity contribution < 1.29 is 4.74 Å². The molecule has 5 nitrogen and oxygen atoms in total. The van der Waals surface area contributed by atoms with Crippen LogP contribution in [-0.4, -0.2) is 17.1 Å². The van der Waals surface area contributed by atoms with Crippen molar-refractivity contribution in [2.75, 3.05) is 12.5 Å². The first kappa shape index (κ1) is 14.2. The van der Waals surface area contributed by atoms with Crippen LogP contribution in [0.2, 0.25) is 0 Å². The third-order valence-corrected chi connectivity index (χ3v) is 4.04. The Morgan fingerprint density at radius 3 is 2.89 bits per heavy atom. The quantitative estimate of drug-likeness (QED) is 0.645. The molecule has 0 radical (unpaired) electrons. The van der Waals surface area contributed by atoms with E-state index in [1.54, 1.807) is 7.11 Å². The highest BCUT2D eigenvalue weighted by molar-refractivity contribution is 5.35. The second-order valence-corrected chi connectivity index (χ2v) is 5.47. The van der Waals surface area contributed by atoms with Gasteiger partial charge in [0.15, 0.2) is 5.82 Å². The number of aromatic nitrogens is 2. The summed E-state index contributed by atoms with van der Waals surface area (Å²) in [4.78, 5) is 9.20. The van der Waals surface area contributed by atoms with Crippen molar-refractivity contribution in [2.45, 2.75) is 51.6 Å². The van der Waals surface area contributed by atoms with Crippen LogP contribution >= 0.6 is 0 Å². The number of nitrogen functional groups attached to an aromatic ring is 1. The molecule has 1 heterocycles. The highest BCUT2D eigenvalue weighted by Crippen LogP contribution is 2.41. The minimum absolute atomic E-state index is 0.353. The molecule has 1 aromatic rings. The highest BCUT2D eigenvalue weighted by atomic mass is 16.5. The molecule has 1 aliphatic rings. The summed E-state index contributed by atoms with van der Waals surface area (Å²) < 4.78 is 5.84. The lowest BCUT2D eigenvalue weighted by atomic mass is 9.78. The van der Waals surface area contributed by atoms with E-state index in [9.17, 15) is 0 Å². The third kappa shape index (κ3) is 2.87. The van der Waals surface area contributed by atoms with E-state index >= 15 is 0 Å². The predicted octanol–water partition coefficient (Wildman–Crippen LogP) is 2.38. The molecule has 0 bridgehead atoms. The van der Waals surface area contributed by atoms with Gasteiger partial charge in [0.2, 0.25) is 0 Å². The summed E-state index contributed by atoms with van der Waals surface area (Å²) in [6.07, 6.45) is 5.21. The average Bonchev–Trinajstić information content (AvgIpc) is 2.46. The topological polar surface area (TPSA) is 73.1 Å². The molecule has 0 amide bonds. The molecule has 0 saturated heterocycles. The summed E-state index contributed by atoms with van der Waals surface area (Å²) >= 11 is 0. The van der Waals surface area contributed by atoms with Gasteiger partial charge in [-0.2, -0.15) is 0 Å². The van der Waals surface area contributed by atoms with Crippen LogP contribution in [0.3, 0.4) is 0 Å². The molecular formula is C14H24N4O. The lowest BCUT2D eigenvalue weighted by molar-refractivity contribution is -0.0646. The van der Waals surface area contributed by atoms with Crippen LogP contribution in [0.4, 0.5) is 5.82 Å². The Kier molecular flexibility index (Phi) is 4.37. The zero-order valence-corrected chi connectivity index (χ0v) is 12.1. The van der Waals surface area contributed by atoms with E-state index in [0.717, 1.165) is 37.2 Å². The summed E-state index contributed by atoms with van der Waals surface area (Å²) in [5.41, 5.74) is 3.27. The smallest absolute Gasteiger partial charge is 0.162 e. The third-order valence-electron chi connectivity index (χ3n) is 4.04. The summed E-state index contributed by atoms with van der Waals surface area (Å²) in [6.45, 7) is 4.34. The summed E-state index contributed by atoms with van der Waals surface area (Å²) in [7, 11) is 1.76. The molecule has 19 heavy (non-hydrogen) atoms. The van der Waals surface area contributed by atoms with Gasteiger partial charge in [-0.1, -0.05) is 20.3 Å². The van der Waals surface area contributed by atoms with Crippen molar-refractivity contribution in [1.82, 2.24) is 9.97 Å². The van der Waals surface area contributed by atoms with Gasteiger partial charge in [-0.25, -0.2) is 15.8 Å². The number of nitrogens with two attached hydrogens (primary N) is 1. The standard InChI is InChI=1S/C14H24N4O/c1-4-11-8-12(18-15)17-13(16-11)14(19-3)7-5-6-10(2)9-14/h8,10H,4-7,9,15H2,1-3H3,(H,16,17,18). The van der Waals surface area contributed by atoms with Gasteiger partial charge in [-0.3, -0.25) is 0 Å². The largest absolute Gasteiger partial charge is 0.370 e. The molecule has 2 rings (SSSR count). The summed E-state index contributed by atoms with van der Waals surface area (Å²) in [6, 6.07) is 1.89. The fraction of sp³-hybridized carbons (Fsp3) is 0.714. The van der Waals surface area contributed by atoms with E-state index in [2.05, 4.69) is 29.2 Å². The first-order chi connectivity index (χ1) is 9.13. The fourth-order valence-electron chi connectivity index (χ4n) is 2.94. The zero-order chi connectivity index (χ0) is 13.9. The SMILES string of the molecule is CCc1cc(NN)nc(C2(OC)CCCC(C)C2)n1. The number of nitrogens with one attached hydrogen (secondary N) is 1. The number of rotatable bonds is 4. The Morgan fingerprint density at radius 1 is 1.53 bits per heavy atom. The van der Waals surface area contributed by atoms with Crippen LogP contribution in [-0.2, 0) is 16.8 Å². The first-order valence-corrected chi connectivity index (χ1v) is 7.03. The van der Waals surface area contributed by atoms with Crippen molar-refractivity contribution in [2.24, 2.45) is 11.8 Å². The van der Waals surface area contributed by atoms with E-state index in [1.165, 1.54) is 6.42 Å². The number of hydrogen-bond donors (Lipinski definition) is 2. The van der Waals surface area contributed by atoms with Crippen LogP contribution in [0.15, 0.2) is 6.07 Å². The van der Waals surface area contributed by atoms with E-state index in [1.807, 2.05) is 6.07 Å². The number of anilines is 1.